The molecule has 4 rings (SSSR count). The zero-order valence-electron chi connectivity index (χ0n) is 14.6. The molecule has 0 aromatic carbocycles. The second kappa shape index (κ2) is 5.31. The molecule has 0 saturated heterocycles. The van der Waals surface area contributed by atoms with Crippen molar-refractivity contribution < 1.29 is 9.90 Å². The summed E-state index contributed by atoms with van der Waals surface area (Å²) in [6.45, 7) is 5.04. The lowest BCUT2D eigenvalue weighted by atomic mass is 9.46. The normalized spacial score (nSPS) is 45.7. The third-order valence-electron chi connectivity index (χ3n) is 8.09. The molecule has 3 unspecified atom stereocenters. The minimum absolute atomic E-state index is 0.0763. The fraction of sp³-hybridized carbons (Fsp3) is 0.762. The van der Waals surface area contributed by atoms with Crippen molar-refractivity contribution in [2.45, 2.75) is 65.2 Å². The molecule has 23 heavy (non-hydrogen) atoms. The molecule has 2 heteroatoms. The van der Waals surface area contributed by atoms with Gasteiger partial charge in [-0.3, -0.25) is 4.79 Å². The smallest absolute Gasteiger partial charge is 0.155 e. The van der Waals surface area contributed by atoms with Crippen molar-refractivity contribution in [2.24, 2.45) is 28.6 Å². The number of allylic oxidation sites excluding steroid dienone is 3. The Hall–Kier alpha value is -0.890. The summed E-state index contributed by atoms with van der Waals surface area (Å²) >= 11 is 0. The third-order valence-corrected chi connectivity index (χ3v) is 8.09. The molecule has 0 aliphatic heterocycles. The molecule has 0 aromatic rings. The molecule has 1 N–H and O–H groups in total. The van der Waals surface area contributed by atoms with Crippen molar-refractivity contribution in [3.05, 3.63) is 23.3 Å². The van der Waals surface area contributed by atoms with Gasteiger partial charge in [0, 0.05) is 11.8 Å². The van der Waals surface area contributed by atoms with E-state index in [9.17, 15) is 9.90 Å². The van der Waals surface area contributed by atoms with Crippen molar-refractivity contribution in [1.82, 2.24) is 0 Å². The summed E-state index contributed by atoms with van der Waals surface area (Å²) in [5.41, 5.74) is 3.28. The van der Waals surface area contributed by atoms with Crippen LogP contribution in [0, 0.1) is 28.6 Å². The molecule has 4 aliphatic rings. The molecule has 0 aromatic heterocycles. The number of carbonyl (C=O) groups excluding carboxylic acids is 1. The highest BCUT2D eigenvalue weighted by atomic mass is 16.3. The van der Waals surface area contributed by atoms with Crippen LogP contribution in [0.3, 0.4) is 0 Å². The molecule has 2 fully saturated rings. The fourth-order valence-corrected chi connectivity index (χ4v) is 6.86. The second-order valence-electron chi connectivity index (χ2n) is 8.64. The summed E-state index contributed by atoms with van der Waals surface area (Å²) in [7, 11) is 0. The van der Waals surface area contributed by atoms with E-state index in [0.717, 1.165) is 24.7 Å². The molecule has 0 bridgehead atoms. The topological polar surface area (TPSA) is 37.3 Å². The molecule has 0 heterocycles. The van der Waals surface area contributed by atoms with Gasteiger partial charge in [-0.15, -0.1) is 0 Å². The minimum Gasteiger partial charge on any atom is -0.395 e. The van der Waals surface area contributed by atoms with Crippen LogP contribution in [0.1, 0.15) is 65.2 Å². The number of rotatable bonds is 2. The van der Waals surface area contributed by atoms with Crippen LogP contribution < -0.4 is 0 Å². The van der Waals surface area contributed by atoms with Crippen LogP contribution in [0.5, 0.6) is 0 Å². The lowest BCUT2D eigenvalue weighted by Gasteiger charge is -2.58. The van der Waals surface area contributed by atoms with Gasteiger partial charge in [-0.1, -0.05) is 31.1 Å². The van der Waals surface area contributed by atoms with Crippen molar-refractivity contribution in [2.75, 3.05) is 6.61 Å². The quantitative estimate of drug-likeness (QED) is 0.765. The number of hydrogen-bond donors (Lipinski definition) is 1. The lowest BCUT2D eigenvalue weighted by molar-refractivity contribution is -0.118. The van der Waals surface area contributed by atoms with Gasteiger partial charge in [-0.25, -0.2) is 0 Å². The Labute approximate surface area is 140 Å². The standard InChI is InChI=1S/C21H30O2/c1-3-14-5-7-18-17-6-4-15-12-16(23)8-11-21(15,13-22)19(17)9-10-20(14,18)2/h5,12,17-19,22H,3-4,6-11,13H2,1-2H3/t17?,18?,19?,20-,21-/m1/s1. The SMILES string of the molecule is CCC1=CCC2C3CCC4=CC(=O)CC[C@]4(CO)C3CC[C@]12C. The molecular formula is C21H30O2. The lowest BCUT2D eigenvalue weighted by Crippen LogP contribution is -2.52. The summed E-state index contributed by atoms with van der Waals surface area (Å²) in [6.07, 6.45) is 13.1. The Morgan fingerprint density at radius 3 is 2.78 bits per heavy atom. The minimum atomic E-state index is -0.0763. The number of aliphatic hydroxyl groups excluding tert-OH is 1. The van der Waals surface area contributed by atoms with Crippen LogP contribution in [-0.4, -0.2) is 17.5 Å². The van der Waals surface area contributed by atoms with Gasteiger partial charge in [0.15, 0.2) is 5.78 Å². The average molecular weight is 314 g/mol. The van der Waals surface area contributed by atoms with E-state index in [1.807, 2.05) is 6.08 Å². The van der Waals surface area contributed by atoms with E-state index in [0.29, 0.717) is 17.8 Å². The van der Waals surface area contributed by atoms with Gasteiger partial charge in [-0.2, -0.15) is 0 Å². The van der Waals surface area contributed by atoms with E-state index in [1.54, 1.807) is 5.57 Å². The summed E-state index contributed by atoms with van der Waals surface area (Å²) in [5, 5.41) is 10.3. The molecule has 2 nitrogen and oxygen atoms in total. The van der Waals surface area contributed by atoms with Crippen LogP contribution in [0.25, 0.3) is 0 Å². The highest BCUT2D eigenvalue weighted by Crippen LogP contribution is 2.65. The number of fused-ring (bicyclic) bond motifs is 5. The monoisotopic (exact) mass is 314 g/mol. The van der Waals surface area contributed by atoms with E-state index in [-0.39, 0.29) is 17.8 Å². The summed E-state index contributed by atoms with van der Waals surface area (Å²) < 4.78 is 0. The molecule has 0 radical (unpaired) electrons. The fourth-order valence-electron chi connectivity index (χ4n) is 6.86. The van der Waals surface area contributed by atoms with Crippen molar-refractivity contribution in [3.8, 4) is 0 Å². The average Bonchev–Trinajstić information content (AvgIpc) is 2.90. The van der Waals surface area contributed by atoms with Gasteiger partial charge in [0.2, 0.25) is 0 Å². The zero-order valence-corrected chi connectivity index (χ0v) is 14.6. The maximum atomic E-state index is 11.9. The molecule has 4 aliphatic carbocycles. The molecule has 0 spiro atoms. The molecule has 126 valence electrons. The van der Waals surface area contributed by atoms with Crippen molar-refractivity contribution in [3.63, 3.8) is 0 Å². The van der Waals surface area contributed by atoms with E-state index in [4.69, 9.17) is 0 Å². The van der Waals surface area contributed by atoms with Crippen molar-refractivity contribution >= 4 is 5.78 Å². The largest absolute Gasteiger partial charge is 0.395 e. The number of hydrogen-bond acceptors (Lipinski definition) is 2. The molecule has 0 amide bonds. The Morgan fingerprint density at radius 2 is 2.04 bits per heavy atom. The number of ketones is 1. The Morgan fingerprint density at radius 1 is 1.22 bits per heavy atom. The maximum Gasteiger partial charge on any atom is 0.155 e. The van der Waals surface area contributed by atoms with Crippen LogP contribution in [0.2, 0.25) is 0 Å². The highest BCUT2D eigenvalue weighted by molar-refractivity contribution is 5.91. The predicted octanol–water partition coefficient (Wildman–Crippen LogP) is 4.44. The van der Waals surface area contributed by atoms with Gasteiger partial charge >= 0.3 is 0 Å². The molecule has 5 atom stereocenters. The van der Waals surface area contributed by atoms with Gasteiger partial charge < -0.3 is 5.11 Å². The third kappa shape index (κ3) is 2.00. The second-order valence-corrected chi connectivity index (χ2v) is 8.64. The van der Waals surface area contributed by atoms with E-state index >= 15 is 0 Å². The number of carbonyl (C=O) groups is 1. The van der Waals surface area contributed by atoms with Crippen LogP contribution in [0.15, 0.2) is 23.3 Å². The molecular weight excluding hydrogens is 284 g/mol. The first-order valence-electron chi connectivity index (χ1n) is 9.59. The first kappa shape index (κ1) is 15.6. The zero-order chi connectivity index (χ0) is 16.2. The first-order valence-corrected chi connectivity index (χ1v) is 9.59. The van der Waals surface area contributed by atoms with Gasteiger partial charge in [0.1, 0.15) is 0 Å². The maximum absolute atomic E-state index is 11.9. The highest BCUT2D eigenvalue weighted by Gasteiger charge is 2.57. The van der Waals surface area contributed by atoms with Crippen LogP contribution >= 0.6 is 0 Å². The van der Waals surface area contributed by atoms with Gasteiger partial charge in [0.25, 0.3) is 0 Å². The Balaban J connectivity index is 1.70. The van der Waals surface area contributed by atoms with Gasteiger partial charge in [0.05, 0.1) is 6.61 Å². The number of aliphatic hydroxyl groups is 1. The predicted molar refractivity (Wildman–Crippen MR) is 91.9 cm³/mol. The van der Waals surface area contributed by atoms with E-state index in [1.165, 1.54) is 37.7 Å². The summed E-state index contributed by atoms with van der Waals surface area (Å²) in [6, 6.07) is 0. The van der Waals surface area contributed by atoms with Gasteiger partial charge in [-0.05, 0) is 74.2 Å². The summed E-state index contributed by atoms with van der Waals surface area (Å²) in [5.74, 6) is 2.35. The van der Waals surface area contributed by atoms with Crippen LogP contribution in [0.4, 0.5) is 0 Å². The Kier molecular flexibility index (Phi) is 3.61. The summed E-state index contributed by atoms with van der Waals surface area (Å²) in [4.78, 5) is 11.9. The Bertz CT molecular complexity index is 587. The van der Waals surface area contributed by atoms with Crippen LogP contribution in [-0.2, 0) is 4.79 Å². The molecule has 2 saturated carbocycles. The first-order chi connectivity index (χ1) is 11.0. The van der Waals surface area contributed by atoms with E-state index in [2.05, 4.69) is 19.9 Å². The van der Waals surface area contributed by atoms with Crippen molar-refractivity contribution in [1.29, 1.82) is 0 Å². The van der Waals surface area contributed by atoms with E-state index < -0.39 is 0 Å².